The normalized spacial score (nSPS) is 14.0. The summed E-state index contributed by atoms with van der Waals surface area (Å²) in [6, 6.07) is -1.01. The lowest BCUT2D eigenvalue weighted by molar-refractivity contribution is -0.132. The maximum Gasteiger partial charge on any atom is 0.249 e. The summed E-state index contributed by atoms with van der Waals surface area (Å²) in [4.78, 5) is 12.6. The van der Waals surface area contributed by atoms with Gasteiger partial charge < -0.3 is 25.7 Å². The van der Waals surface area contributed by atoms with E-state index in [1.807, 2.05) is 0 Å². The Kier molecular flexibility index (Phi) is 56.7. The number of amides is 1. The van der Waals surface area contributed by atoms with E-state index in [1.165, 1.54) is 244 Å². The van der Waals surface area contributed by atoms with Crippen molar-refractivity contribution in [3.8, 4) is 0 Å². The zero-order valence-corrected chi connectivity index (χ0v) is 46.8. The fourth-order valence-corrected chi connectivity index (χ4v) is 9.63. The molecule has 0 aliphatic heterocycles. The third kappa shape index (κ3) is 51.2. The maximum atomic E-state index is 12.6. The lowest BCUT2D eigenvalue weighted by Gasteiger charge is -2.27. The molecule has 0 heterocycles. The van der Waals surface area contributed by atoms with Crippen LogP contribution in [0.25, 0.3) is 0 Å². The van der Waals surface area contributed by atoms with Gasteiger partial charge in [-0.05, 0) is 83.5 Å². The molecule has 0 aromatic carbocycles. The van der Waals surface area contributed by atoms with Crippen molar-refractivity contribution in [2.24, 2.45) is 0 Å². The molecule has 0 fully saturated rings. The van der Waals surface area contributed by atoms with Crippen LogP contribution in [-0.2, 0) is 4.79 Å². The van der Waals surface area contributed by atoms with Gasteiger partial charge in [0.05, 0.1) is 18.8 Å². The highest BCUT2D eigenvalue weighted by atomic mass is 16.3. The van der Waals surface area contributed by atoms with Crippen LogP contribution in [0.4, 0.5) is 0 Å². The van der Waals surface area contributed by atoms with Crippen molar-refractivity contribution < 1.29 is 25.2 Å². The molecule has 0 aliphatic carbocycles. The van der Waals surface area contributed by atoms with Gasteiger partial charge in [0, 0.05) is 0 Å². The van der Waals surface area contributed by atoms with Crippen LogP contribution in [0.1, 0.15) is 322 Å². The largest absolute Gasteiger partial charge is 0.394 e. The first-order valence-electron chi connectivity index (χ1n) is 31.0. The molecule has 412 valence electrons. The molecule has 0 spiro atoms. The van der Waals surface area contributed by atoms with E-state index in [-0.39, 0.29) is 0 Å². The Morgan fingerprint density at radius 3 is 0.986 bits per heavy atom. The lowest BCUT2D eigenvalue weighted by atomic mass is 10.00. The molecule has 0 aromatic heterocycles. The smallest absolute Gasteiger partial charge is 0.249 e. The van der Waals surface area contributed by atoms with Crippen LogP contribution in [0.15, 0.2) is 48.6 Å². The van der Waals surface area contributed by atoms with Gasteiger partial charge in [0.1, 0.15) is 12.2 Å². The molecule has 4 unspecified atom stereocenters. The second-order valence-corrected chi connectivity index (χ2v) is 21.4. The molecule has 0 rings (SSSR count). The van der Waals surface area contributed by atoms with Crippen LogP contribution in [0.5, 0.6) is 0 Å². The summed E-state index contributed by atoms with van der Waals surface area (Å²) in [7, 11) is 0. The van der Waals surface area contributed by atoms with Gasteiger partial charge in [0.25, 0.3) is 0 Å². The number of aliphatic hydroxyl groups is 4. The van der Waals surface area contributed by atoms with Gasteiger partial charge in [-0.1, -0.05) is 287 Å². The number of rotatable bonds is 57. The molecule has 1 amide bonds. The third-order valence-corrected chi connectivity index (χ3v) is 14.5. The van der Waals surface area contributed by atoms with Crippen molar-refractivity contribution in [2.45, 2.75) is 346 Å². The number of nitrogens with one attached hydrogen (secondary N) is 1. The summed E-state index contributed by atoms with van der Waals surface area (Å²) < 4.78 is 0. The number of carbonyl (C=O) groups excluding carboxylic acids is 1. The Morgan fingerprint density at radius 1 is 0.357 bits per heavy atom. The predicted molar refractivity (Wildman–Crippen MR) is 307 cm³/mol. The average molecular weight is 985 g/mol. The quantitative estimate of drug-likeness (QED) is 0.0308. The van der Waals surface area contributed by atoms with Crippen LogP contribution in [0.2, 0.25) is 0 Å². The first kappa shape index (κ1) is 68.3. The van der Waals surface area contributed by atoms with Gasteiger partial charge >= 0.3 is 0 Å². The van der Waals surface area contributed by atoms with E-state index in [0.29, 0.717) is 19.3 Å². The summed E-state index contributed by atoms with van der Waals surface area (Å²) in [5.74, 6) is -0.594. The number of hydrogen-bond donors (Lipinski definition) is 5. The van der Waals surface area contributed by atoms with Crippen molar-refractivity contribution in [3.05, 3.63) is 48.6 Å². The van der Waals surface area contributed by atoms with E-state index < -0.39 is 36.9 Å². The highest BCUT2D eigenvalue weighted by Gasteiger charge is 2.28. The van der Waals surface area contributed by atoms with Crippen molar-refractivity contribution >= 4 is 5.91 Å². The molecule has 0 saturated carbocycles. The standard InChI is InChI=1S/C64H121NO5/c1-3-5-7-9-11-13-15-17-19-21-23-25-27-28-29-30-31-32-33-34-35-36-38-40-42-44-46-48-50-52-54-56-58-62(68)64(70)65-60(59-66)63(69)61(67)57-55-53-51-49-47-45-43-41-39-37-26-24-22-20-18-16-14-12-10-8-6-4-2/h23,25,28-29,41,43,49,51,60-63,66-69H,3-22,24,26-27,30-40,42,44-48,50,52-59H2,1-2H3,(H,65,70)/b25-23-,29-28-,43-41+,51-49+. The van der Waals surface area contributed by atoms with E-state index in [1.54, 1.807) is 0 Å². The maximum absolute atomic E-state index is 12.6. The fourth-order valence-electron chi connectivity index (χ4n) is 9.63. The van der Waals surface area contributed by atoms with Gasteiger partial charge in [-0.15, -0.1) is 0 Å². The molecule has 70 heavy (non-hydrogen) atoms. The molecule has 0 saturated heterocycles. The van der Waals surface area contributed by atoms with E-state index in [4.69, 9.17) is 0 Å². The van der Waals surface area contributed by atoms with Crippen LogP contribution in [0.3, 0.4) is 0 Å². The van der Waals surface area contributed by atoms with Crippen molar-refractivity contribution in [2.75, 3.05) is 6.61 Å². The van der Waals surface area contributed by atoms with Gasteiger partial charge in [-0.3, -0.25) is 4.79 Å². The number of aliphatic hydroxyl groups excluding tert-OH is 4. The zero-order chi connectivity index (χ0) is 50.9. The highest BCUT2D eigenvalue weighted by molar-refractivity contribution is 5.80. The Bertz CT molecular complexity index is 1150. The second-order valence-electron chi connectivity index (χ2n) is 21.4. The number of hydrogen-bond acceptors (Lipinski definition) is 5. The number of allylic oxidation sites excluding steroid dienone is 8. The van der Waals surface area contributed by atoms with Crippen molar-refractivity contribution in [1.29, 1.82) is 0 Å². The fraction of sp³-hybridized carbons (Fsp3) is 0.859. The summed E-state index contributed by atoms with van der Waals surface area (Å²) >= 11 is 0. The van der Waals surface area contributed by atoms with Crippen LogP contribution < -0.4 is 5.32 Å². The second kappa shape index (κ2) is 58.2. The molecule has 0 radical (unpaired) electrons. The zero-order valence-electron chi connectivity index (χ0n) is 46.8. The summed E-state index contributed by atoms with van der Waals surface area (Å²) in [5, 5.41) is 44.0. The molecule has 0 aliphatic rings. The van der Waals surface area contributed by atoms with Crippen LogP contribution >= 0.6 is 0 Å². The molecule has 0 bridgehead atoms. The third-order valence-electron chi connectivity index (χ3n) is 14.5. The Hall–Kier alpha value is -1.73. The van der Waals surface area contributed by atoms with Crippen molar-refractivity contribution in [3.63, 3.8) is 0 Å². The first-order chi connectivity index (χ1) is 34.5. The molecule has 6 heteroatoms. The van der Waals surface area contributed by atoms with Gasteiger partial charge in [0.15, 0.2) is 0 Å². The minimum absolute atomic E-state index is 0.360. The topological polar surface area (TPSA) is 110 Å². The molecular weight excluding hydrogens is 863 g/mol. The minimum atomic E-state index is -1.29. The van der Waals surface area contributed by atoms with Gasteiger partial charge in [0.2, 0.25) is 5.91 Å². The Balaban J connectivity index is 3.63. The molecule has 5 N–H and O–H groups in total. The molecule has 0 aromatic rings. The van der Waals surface area contributed by atoms with E-state index in [0.717, 1.165) is 44.9 Å². The van der Waals surface area contributed by atoms with E-state index in [9.17, 15) is 25.2 Å². The summed E-state index contributed by atoms with van der Waals surface area (Å²) in [6.45, 7) is 4.07. The molecule has 4 atom stereocenters. The van der Waals surface area contributed by atoms with Crippen LogP contribution in [0, 0.1) is 0 Å². The van der Waals surface area contributed by atoms with Crippen LogP contribution in [-0.4, -0.2) is 57.3 Å². The Labute approximate surface area is 436 Å². The number of unbranched alkanes of at least 4 members (excludes halogenated alkanes) is 40. The highest BCUT2D eigenvalue weighted by Crippen LogP contribution is 2.17. The summed E-state index contributed by atoms with van der Waals surface area (Å²) in [5.41, 5.74) is 0. The first-order valence-corrected chi connectivity index (χ1v) is 31.0. The minimum Gasteiger partial charge on any atom is -0.394 e. The summed E-state index contributed by atoms with van der Waals surface area (Å²) in [6.07, 6.45) is 74.9. The van der Waals surface area contributed by atoms with Gasteiger partial charge in [-0.25, -0.2) is 0 Å². The lowest BCUT2D eigenvalue weighted by Crippen LogP contribution is -2.53. The molecule has 6 nitrogen and oxygen atoms in total. The van der Waals surface area contributed by atoms with E-state index >= 15 is 0 Å². The van der Waals surface area contributed by atoms with Crippen molar-refractivity contribution in [1.82, 2.24) is 5.32 Å². The monoisotopic (exact) mass is 984 g/mol. The molecular formula is C64H121NO5. The van der Waals surface area contributed by atoms with Gasteiger partial charge in [-0.2, -0.15) is 0 Å². The van der Waals surface area contributed by atoms with E-state index in [2.05, 4.69) is 67.8 Å². The predicted octanol–water partition coefficient (Wildman–Crippen LogP) is 18.5. The average Bonchev–Trinajstić information content (AvgIpc) is 3.36. The SMILES string of the molecule is CCCCCCCCCCC/C=C\C/C=C\CCCCCCCCCCCCCCCCCCC(O)C(=O)NC(CO)C(O)C(O)CCC/C=C/CC/C=C/CCCCCCCCCCCCCCC. The Morgan fingerprint density at radius 2 is 0.643 bits per heavy atom. The number of carbonyl (C=O) groups is 1.